The van der Waals surface area contributed by atoms with Gasteiger partial charge in [-0.3, -0.25) is 15.0 Å². The largest absolute Gasteiger partial charge is 0.493 e. The number of aromatic hydroxyl groups is 1. The third-order valence-corrected chi connectivity index (χ3v) is 10.3. The lowest BCUT2D eigenvalue weighted by Crippen LogP contribution is -2.43. The van der Waals surface area contributed by atoms with Gasteiger partial charge in [0.1, 0.15) is 12.8 Å². The van der Waals surface area contributed by atoms with Gasteiger partial charge in [-0.25, -0.2) is 4.39 Å². The molecule has 5 aliphatic rings. The van der Waals surface area contributed by atoms with Crippen molar-refractivity contribution in [3.05, 3.63) is 46.4 Å². The lowest BCUT2D eigenvalue weighted by Gasteiger charge is -2.30. The molecule has 3 aromatic heterocycles. The van der Waals surface area contributed by atoms with Crippen molar-refractivity contribution >= 4 is 22.5 Å². The van der Waals surface area contributed by atoms with Crippen molar-refractivity contribution in [3.8, 4) is 34.3 Å². The number of hydrogen-bond acceptors (Lipinski definition) is 7. The van der Waals surface area contributed by atoms with Crippen LogP contribution in [-0.4, -0.2) is 66.6 Å². The van der Waals surface area contributed by atoms with Crippen LogP contribution in [0.4, 0.5) is 4.39 Å². The Balaban J connectivity index is 1.16. The summed E-state index contributed by atoms with van der Waals surface area (Å²) in [5.74, 6) is 0.320. The van der Waals surface area contributed by atoms with E-state index in [0.29, 0.717) is 31.1 Å². The highest BCUT2D eigenvalue weighted by Gasteiger charge is 2.57. The molecule has 10 heteroatoms. The summed E-state index contributed by atoms with van der Waals surface area (Å²) in [5, 5.41) is 20.4. The third kappa shape index (κ3) is 3.10. The molecule has 0 radical (unpaired) electrons. The van der Waals surface area contributed by atoms with Gasteiger partial charge in [0.2, 0.25) is 5.88 Å². The van der Waals surface area contributed by atoms with Crippen LogP contribution in [0.1, 0.15) is 67.7 Å². The van der Waals surface area contributed by atoms with Gasteiger partial charge in [0.05, 0.1) is 34.2 Å². The molecule has 4 aromatic rings. The van der Waals surface area contributed by atoms with E-state index >= 15 is 0 Å². The molecule has 204 valence electrons. The second-order valence-corrected chi connectivity index (χ2v) is 12.7. The Morgan fingerprint density at radius 1 is 1.20 bits per heavy atom. The van der Waals surface area contributed by atoms with Crippen molar-refractivity contribution in [1.29, 1.82) is 0 Å². The summed E-state index contributed by atoms with van der Waals surface area (Å²) in [5.41, 5.74) is 6.70. The van der Waals surface area contributed by atoms with Crippen molar-refractivity contribution in [2.45, 2.75) is 68.0 Å². The van der Waals surface area contributed by atoms with Gasteiger partial charge in [-0.15, -0.1) is 0 Å². The number of aromatic amines is 1. The molecule has 1 spiro atoms. The number of hydrogen-bond donors (Lipinski definition) is 2. The first-order valence-corrected chi connectivity index (χ1v) is 14.6. The Labute approximate surface area is 234 Å². The van der Waals surface area contributed by atoms with Crippen molar-refractivity contribution < 1.29 is 14.2 Å². The molecule has 0 amide bonds. The zero-order valence-corrected chi connectivity index (χ0v) is 22.6. The summed E-state index contributed by atoms with van der Waals surface area (Å²) in [4.78, 5) is 16.5. The van der Waals surface area contributed by atoms with Crippen LogP contribution in [0.25, 0.3) is 33.3 Å². The molecule has 2 saturated carbocycles. The third-order valence-electron chi connectivity index (χ3n) is 9.96. The van der Waals surface area contributed by atoms with E-state index in [0.717, 1.165) is 94.6 Å². The number of alkyl halides is 1. The van der Waals surface area contributed by atoms with Gasteiger partial charge in [0, 0.05) is 40.5 Å². The molecular formula is C30H28ClFN6O2. The summed E-state index contributed by atoms with van der Waals surface area (Å²) in [6, 6.07) is 4.08. The minimum atomic E-state index is -0.831. The van der Waals surface area contributed by atoms with Gasteiger partial charge in [-0.2, -0.15) is 15.1 Å². The fourth-order valence-corrected chi connectivity index (χ4v) is 8.27. The van der Waals surface area contributed by atoms with Gasteiger partial charge in [0.15, 0.2) is 0 Å². The average molecular weight is 559 g/mol. The Morgan fingerprint density at radius 2 is 2.08 bits per heavy atom. The van der Waals surface area contributed by atoms with Crippen LogP contribution in [0.3, 0.4) is 0 Å². The van der Waals surface area contributed by atoms with E-state index in [1.165, 1.54) is 0 Å². The molecule has 2 saturated heterocycles. The number of nitrogens with one attached hydrogen (secondary N) is 1. The minimum absolute atomic E-state index is 0.0836. The maximum Gasteiger partial charge on any atom is 0.320 e. The van der Waals surface area contributed by atoms with E-state index in [4.69, 9.17) is 26.3 Å². The Morgan fingerprint density at radius 3 is 2.90 bits per heavy atom. The van der Waals surface area contributed by atoms with E-state index < -0.39 is 6.17 Å². The molecule has 2 aliphatic heterocycles. The van der Waals surface area contributed by atoms with Gasteiger partial charge in [-0.1, -0.05) is 11.6 Å². The Kier molecular flexibility index (Phi) is 4.63. The van der Waals surface area contributed by atoms with E-state index in [1.54, 1.807) is 6.20 Å². The number of benzene rings is 1. The molecular weight excluding hydrogens is 531 g/mol. The fraction of sp³-hybridized carbons (Fsp3) is 0.467. The minimum Gasteiger partial charge on any atom is -0.493 e. The summed E-state index contributed by atoms with van der Waals surface area (Å²) < 4.78 is 20.5. The molecule has 5 heterocycles. The molecule has 3 aliphatic carbocycles. The van der Waals surface area contributed by atoms with E-state index in [2.05, 4.69) is 20.1 Å². The quantitative estimate of drug-likeness (QED) is 0.326. The van der Waals surface area contributed by atoms with E-state index in [1.807, 2.05) is 18.3 Å². The van der Waals surface area contributed by atoms with Gasteiger partial charge in [-0.05, 0) is 79.8 Å². The Hall–Kier alpha value is -3.30. The smallest absolute Gasteiger partial charge is 0.320 e. The van der Waals surface area contributed by atoms with Crippen molar-refractivity contribution in [3.63, 3.8) is 0 Å². The number of ether oxygens (including phenoxy) is 1. The highest BCUT2D eigenvalue weighted by molar-refractivity contribution is 6.33. The summed E-state index contributed by atoms with van der Waals surface area (Å²) in [6.45, 7) is 1.68. The molecule has 0 unspecified atom stereocenters. The normalized spacial score (nSPS) is 25.9. The molecule has 8 nitrogen and oxygen atoms in total. The predicted octanol–water partition coefficient (Wildman–Crippen LogP) is 5.67. The SMILES string of the molecule is Oc1nc(OC[C@@]23CCCN2C[C@H](F)C3)nc2c1-c1ccnc(-c3c(C4CC4)c(Cl)cc4[nH]ncc34)c1C21CC1. The first kappa shape index (κ1) is 23.4. The first-order valence-electron chi connectivity index (χ1n) is 14.3. The number of aromatic nitrogens is 5. The van der Waals surface area contributed by atoms with Crippen LogP contribution in [-0.2, 0) is 5.41 Å². The zero-order chi connectivity index (χ0) is 26.8. The standard InChI is InChI=1S/C30H28ClFN6O2/c31-19-10-20-18(12-34-37-20)22(21(19)15-2-3-15)25-24-17(4-8-33-25)23-26(30(24)6-7-30)35-28(36-27(23)39)40-14-29-5-1-9-38(29)13-16(32)11-29/h4,8,10,12,15-16H,1-3,5-7,9,11,13-14H2,(H,34,37)(H,35,36,39)/t16-,29+/m1/s1. The van der Waals surface area contributed by atoms with Gasteiger partial charge >= 0.3 is 6.01 Å². The molecule has 1 aromatic carbocycles. The highest BCUT2D eigenvalue weighted by Crippen LogP contribution is 2.66. The van der Waals surface area contributed by atoms with Crippen LogP contribution in [0.15, 0.2) is 24.5 Å². The maximum absolute atomic E-state index is 14.3. The van der Waals surface area contributed by atoms with Crippen molar-refractivity contribution in [2.75, 3.05) is 19.7 Å². The summed E-state index contributed by atoms with van der Waals surface area (Å²) in [6.07, 6.45) is 9.24. The zero-order valence-electron chi connectivity index (χ0n) is 21.9. The van der Waals surface area contributed by atoms with E-state index in [-0.39, 0.29) is 22.8 Å². The van der Waals surface area contributed by atoms with Crippen LogP contribution in [0.2, 0.25) is 5.02 Å². The second-order valence-electron chi connectivity index (χ2n) is 12.3. The van der Waals surface area contributed by atoms with Crippen LogP contribution in [0, 0.1) is 0 Å². The van der Waals surface area contributed by atoms with Crippen molar-refractivity contribution in [1.82, 2.24) is 30.0 Å². The fourth-order valence-electron chi connectivity index (χ4n) is 7.91. The summed E-state index contributed by atoms with van der Waals surface area (Å²) in [7, 11) is 0. The number of halogens is 2. The van der Waals surface area contributed by atoms with Gasteiger partial charge in [0.25, 0.3) is 0 Å². The number of rotatable bonds is 5. The van der Waals surface area contributed by atoms with Crippen LogP contribution < -0.4 is 4.74 Å². The molecule has 0 bridgehead atoms. The second kappa shape index (κ2) is 7.91. The average Bonchev–Trinajstić information content (AvgIpc) is 3.78. The molecule has 4 fully saturated rings. The van der Waals surface area contributed by atoms with Crippen LogP contribution in [0.5, 0.6) is 11.9 Å². The predicted molar refractivity (Wildman–Crippen MR) is 148 cm³/mol. The molecule has 40 heavy (non-hydrogen) atoms. The molecule has 2 atom stereocenters. The number of pyridine rings is 1. The van der Waals surface area contributed by atoms with Gasteiger partial charge < -0.3 is 9.84 Å². The van der Waals surface area contributed by atoms with Crippen molar-refractivity contribution in [2.24, 2.45) is 0 Å². The molecule has 9 rings (SSSR count). The number of nitrogens with zero attached hydrogens (tertiary/aromatic N) is 5. The highest BCUT2D eigenvalue weighted by atomic mass is 35.5. The Bertz CT molecular complexity index is 1730. The van der Waals surface area contributed by atoms with E-state index in [9.17, 15) is 9.50 Å². The monoisotopic (exact) mass is 558 g/mol. The van der Waals surface area contributed by atoms with Crippen LogP contribution >= 0.6 is 11.6 Å². The maximum atomic E-state index is 14.3. The lowest BCUT2D eigenvalue weighted by molar-refractivity contribution is 0.106. The lowest BCUT2D eigenvalue weighted by atomic mass is 9.88. The number of H-pyrrole nitrogens is 1. The first-order chi connectivity index (χ1) is 19.5. The topological polar surface area (TPSA) is 100 Å². The molecule has 2 N–H and O–H groups in total. The summed E-state index contributed by atoms with van der Waals surface area (Å²) >= 11 is 6.88. The number of fused-ring (bicyclic) bond motifs is 7.